The van der Waals surface area contributed by atoms with E-state index in [1.807, 2.05) is 18.2 Å². The molecule has 0 amide bonds. The van der Waals surface area contributed by atoms with E-state index in [-0.39, 0.29) is 22.7 Å². The SMILES string of the molecule is COc1cc([C@@H]2[C@H](c3ccccn3)N=C3S[C@H](C)CN32)c([N+](=O)[O-])cc1OC. The summed E-state index contributed by atoms with van der Waals surface area (Å²) in [5, 5.41) is 13.1. The third kappa shape index (κ3) is 3.05. The van der Waals surface area contributed by atoms with E-state index in [1.165, 1.54) is 20.3 Å². The molecule has 3 heterocycles. The Morgan fingerprint density at radius 3 is 2.64 bits per heavy atom. The van der Waals surface area contributed by atoms with Gasteiger partial charge in [0.2, 0.25) is 0 Å². The van der Waals surface area contributed by atoms with Gasteiger partial charge in [0.05, 0.1) is 42.5 Å². The van der Waals surface area contributed by atoms with E-state index >= 15 is 0 Å². The molecule has 2 aromatic rings. The van der Waals surface area contributed by atoms with Crippen molar-refractivity contribution in [2.24, 2.45) is 4.99 Å². The topological polar surface area (TPSA) is 90.1 Å². The average Bonchev–Trinajstić information content (AvgIpc) is 3.23. The van der Waals surface area contributed by atoms with E-state index in [0.717, 1.165) is 17.4 Å². The second kappa shape index (κ2) is 7.31. The van der Waals surface area contributed by atoms with E-state index < -0.39 is 0 Å². The first kappa shape index (κ1) is 18.5. The van der Waals surface area contributed by atoms with Gasteiger partial charge in [-0.15, -0.1) is 0 Å². The molecule has 8 nitrogen and oxygen atoms in total. The van der Waals surface area contributed by atoms with Gasteiger partial charge in [0, 0.05) is 18.0 Å². The third-order valence-corrected chi connectivity index (χ3v) is 6.03. The van der Waals surface area contributed by atoms with Crippen LogP contribution in [0.2, 0.25) is 0 Å². The molecule has 4 rings (SSSR count). The van der Waals surface area contributed by atoms with Gasteiger partial charge >= 0.3 is 0 Å². The van der Waals surface area contributed by atoms with Crippen molar-refractivity contribution in [1.82, 2.24) is 9.88 Å². The zero-order valence-electron chi connectivity index (χ0n) is 15.7. The summed E-state index contributed by atoms with van der Waals surface area (Å²) in [4.78, 5) is 23.0. The van der Waals surface area contributed by atoms with Crippen molar-refractivity contribution in [2.75, 3.05) is 20.8 Å². The monoisotopic (exact) mass is 400 g/mol. The van der Waals surface area contributed by atoms with Gasteiger partial charge in [-0.25, -0.2) is 0 Å². The lowest BCUT2D eigenvalue weighted by atomic mass is 9.94. The number of ether oxygens (including phenoxy) is 2. The quantitative estimate of drug-likeness (QED) is 0.559. The van der Waals surface area contributed by atoms with Crippen LogP contribution in [-0.2, 0) is 0 Å². The molecule has 28 heavy (non-hydrogen) atoms. The average molecular weight is 400 g/mol. The minimum atomic E-state index is -0.378. The van der Waals surface area contributed by atoms with Crippen LogP contribution in [0.5, 0.6) is 11.5 Å². The van der Waals surface area contributed by atoms with Crippen molar-refractivity contribution in [2.45, 2.75) is 24.3 Å². The van der Waals surface area contributed by atoms with Crippen molar-refractivity contribution in [3.63, 3.8) is 0 Å². The molecule has 3 atom stereocenters. The number of nitro groups is 1. The van der Waals surface area contributed by atoms with Crippen LogP contribution in [0.4, 0.5) is 5.69 Å². The number of hydrogen-bond acceptors (Lipinski definition) is 8. The normalized spacial score (nSPS) is 23.3. The number of nitro benzene ring substituents is 1. The van der Waals surface area contributed by atoms with Gasteiger partial charge in [-0.1, -0.05) is 24.8 Å². The minimum absolute atomic E-state index is 0.00964. The fourth-order valence-electron chi connectivity index (χ4n) is 3.73. The van der Waals surface area contributed by atoms with Crippen LogP contribution in [0, 0.1) is 10.1 Å². The first-order valence-electron chi connectivity index (χ1n) is 8.85. The van der Waals surface area contributed by atoms with Crippen molar-refractivity contribution in [3.05, 3.63) is 57.9 Å². The summed E-state index contributed by atoms with van der Waals surface area (Å²) in [7, 11) is 2.99. The van der Waals surface area contributed by atoms with Crippen molar-refractivity contribution >= 4 is 22.6 Å². The summed E-state index contributed by atoms with van der Waals surface area (Å²) >= 11 is 1.69. The predicted octanol–water partition coefficient (Wildman–Crippen LogP) is 3.60. The molecule has 2 aliphatic rings. The molecular formula is C19H20N4O4S. The maximum absolute atomic E-state index is 11.9. The number of nitrogens with zero attached hydrogens (tertiary/aromatic N) is 4. The minimum Gasteiger partial charge on any atom is -0.493 e. The first-order valence-corrected chi connectivity index (χ1v) is 9.73. The zero-order chi connectivity index (χ0) is 19.8. The molecule has 0 bridgehead atoms. The summed E-state index contributed by atoms with van der Waals surface area (Å²) in [6, 6.07) is 8.12. The Labute approximate surface area is 166 Å². The second-order valence-corrected chi connectivity index (χ2v) is 8.07. The smallest absolute Gasteiger partial charge is 0.278 e. The Morgan fingerprint density at radius 1 is 1.25 bits per heavy atom. The van der Waals surface area contributed by atoms with Gasteiger partial charge in [-0.2, -0.15) is 0 Å². The Kier molecular flexibility index (Phi) is 4.84. The first-order chi connectivity index (χ1) is 13.5. The molecule has 0 N–H and O–H groups in total. The van der Waals surface area contributed by atoms with Gasteiger partial charge < -0.3 is 14.4 Å². The third-order valence-electron chi connectivity index (χ3n) is 4.93. The Balaban J connectivity index is 1.88. The van der Waals surface area contributed by atoms with Crippen LogP contribution in [0.1, 0.15) is 30.3 Å². The number of aliphatic imine (C=N–C) groups is 1. The summed E-state index contributed by atoms with van der Waals surface area (Å²) in [6.07, 6.45) is 1.72. The maximum atomic E-state index is 11.9. The number of fused-ring (bicyclic) bond motifs is 1. The maximum Gasteiger partial charge on any atom is 0.278 e. The van der Waals surface area contributed by atoms with E-state index in [2.05, 4.69) is 16.8 Å². The number of aromatic nitrogens is 1. The van der Waals surface area contributed by atoms with Gasteiger partial charge in [-0.05, 0) is 18.2 Å². The summed E-state index contributed by atoms with van der Waals surface area (Å²) in [5.74, 6) is 0.784. The Morgan fingerprint density at radius 2 is 2.00 bits per heavy atom. The number of hydrogen-bond donors (Lipinski definition) is 0. The van der Waals surface area contributed by atoms with Gasteiger partial charge in [-0.3, -0.25) is 20.1 Å². The highest BCUT2D eigenvalue weighted by Crippen LogP contribution is 2.51. The molecule has 1 aromatic heterocycles. The van der Waals surface area contributed by atoms with Crippen LogP contribution in [0.25, 0.3) is 0 Å². The van der Waals surface area contributed by atoms with E-state index in [0.29, 0.717) is 22.3 Å². The van der Waals surface area contributed by atoms with E-state index in [9.17, 15) is 10.1 Å². The Hall–Kier alpha value is -2.81. The molecule has 2 aliphatic heterocycles. The molecular weight excluding hydrogens is 380 g/mol. The molecule has 1 saturated heterocycles. The van der Waals surface area contributed by atoms with E-state index in [1.54, 1.807) is 24.0 Å². The fourth-order valence-corrected chi connectivity index (χ4v) is 4.83. The highest BCUT2D eigenvalue weighted by molar-refractivity contribution is 8.14. The molecule has 9 heteroatoms. The molecule has 0 unspecified atom stereocenters. The van der Waals surface area contributed by atoms with Gasteiger partial charge in [0.1, 0.15) is 6.04 Å². The van der Waals surface area contributed by atoms with Crippen molar-refractivity contribution in [1.29, 1.82) is 0 Å². The number of methoxy groups -OCH3 is 2. The summed E-state index contributed by atoms with van der Waals surface area (Å²) < 4.78 is 10.7. The predicted molar refractivity (Wildman–Crippen MR) is 107 cm³/mol. The molecule has 1 aromatic carbocycles. The molecule has 0 radical (unpaired) electrons. The van der Waals surface area contributed by atoms with Gasteiger partial charge in [0.15, 0.2) is 16.7 Å². The van der Waals surface area contributed by atoms with Crippen LogP contribution < -0.4 is 9.47 Å². The number of amidine groups is 1. The van der Waals surface area contributed by atoms with Crippen LogP contribution in [0.15, 0.2) is 41.5 Å². The molecule has 0 spiro atoms. The van der Waals surface area contributed by atoms with E-state index in [4.69, 9.17) is 14.5 Å². The fraction of sp³-hybridized carbons (Fsp3) is 0.368. The zero-order valence-corrected chi connectivity index (χ0v) is 16.5. The largest absolute Gasteiger partial charge is 0.493 e. The molecule has 0 saturated carbocycles. The highest BCUT2D eigenvalue weighted by atomic mass is 32.2. The standard InChI is InChI=1S/C19H20N4O4S/c1-11-10-22-18(17(21-19(22)28-11)13-6-4-5-7-20-13)12-8-15(26-2)16(27-3)9-14(12)23(24)25/h4-9,11,17-18H,10H2,1-3H3/t11-,17+,18-/m1/s1. The lowest BCUT2D eigenvalue weighted by molar-refractivity contribution is -0.386. The Bertz CT molecular complexity index is 937. The number of pyridine rings is 1. The molecule has 0 aliphatic carbocycles. The van der Waals surface area contributed by atoms with Crippen LogP contribution in [0.3, 0.4) is 0 Å². The molecule has 146 valence electrons. The summed E-state index contributed by atoms with van der Waals surface area (Å²) in [5.41, 5.74) is 1.32. The highest BCUT2D eigenvalue weighted by Gasteiger charge is 2.46. The summed E-state index contributed by atoms with van der Waals surface area (Å²) in [6.45, 7) is 2.89. The second-order valence-electron chi connectivity index (χ2n) is 6.66. The molecule has 1 fully saturated rings. The van der Waals surface area contributed by atoms with Crippen LogP contribution in [-0.4, -0.2) is 46.0 Å². The van der Waals surface area contributed by atoms with Gasteiger partial charge in [0.25, 0.3) is 5.69 Å². The van der Waals surface area contributed by atoms with Crippen LogP contribution >= 0.6 is 11.8 Å². The van der Waals surface area contributed by atoms with Crippen molar-refractivity contribution < 1.29 is 14.4 Å². The number of benzene rings is 1. The van der Waals surface area contributed by atoms with Crippen molar-refractivity contribution in [3.8, 4) is 11.5 Å². The lowest BCUT2D eigenvalue weighted by Gasteiger charge is -2.27. The number of rotatable bonds is 5. The number of thioether (sulfide) groups is 1. The lowest BCUT2D eigenvalue weighted by Crippen LogP contribution is -2.29.